The SMILES string of the molecule is O=C(COc1ccc(Nc2ccccc2)cc1)N1CCN(S(=O)(=O)c2cccc(F)c2)CC1. The van der Waals surface area contributed by atoms with E-state index in [-0.39, 0.29) is 43.6 Å². The summed E-state index contributed by atoms with van der Waals surface area (Å²) in [5, 5.41) is 3.27. The fraction of sp³-hybridized carbons (Fsp3) is 0.208. The highest BCUT2D eigenvalue weighted by atomic mass is 32.2. The third kappa shape index (κ3) is 5.68. The van der Waals surface area contributed by atoms with Crippen LogP contribution < -0.4 is 10.1 Å². The number of ether oxygens (including phenoxy) is 1. The van der Waals surface area contributed by atoms with Gasteiger partial charge in [0.05, 0.1) is 4.90 Å². The van der Waals surface area contributed by atoms with Crippen molar-refractivity contribution in [2.75, 3.05) is 38.1 Å². The van der Waals surface area contributed by atoms with Gasteiger partial charge in [0.15, 0.2) is 6.61 Å². The predicted molar refractivity (Wildman–Crippen MR) is 123 cm³/mol. The molecule has 33 heavy (non-hydrogen) atoms. The van der Waals surface area contributed by atoms with E-state index in [0.29, 0.717) is 5.75 Å². The van der Waals surface area contributed by atoms with Crippen LogP contribution in [0.25, 0.3) is 0 Å². The molecule has 1 fully saturated rings. The highest BCUT2D eigenvalue weighted by Crippen LogP contribution is 2.21. The van der Waals surface area contributed by atoms with Gasteiger partial charge in [-0.15, -0.1) is 0 Å². The molecule has 0 unspecified atom stereocenters. The number of hydrogen-bond donors (Lipinski definition) is 1. The number of halogens is 1. The summed E-state index contributed by atoms with van der Waals surface area (Å²) in [7, 11) is -3.80. The Bertz CT molecular complexity index is 1200. The average molecular weight is 470 g/mol. The third-order valence-electron chi connectivity index (χ3n) is 5.30. The number of nitrogens with one attached hydrogen (secondary N) is 1. The van der Waals surface area contributed by atoms with Crippen molar-refractivity contribution in [1.29, 1.82) is 0 Å². The van der Waals surface area contributed by atoms with Crippen LogP contribution in [0.4, 0.5) is 15.8 Å². The quantitative estimate of drug-likeness (QED) is 0.573. The number of nitrogens with zero attached hydrogens (tertiary/aromatic N) is 2. The second-order valence-electron chi connectivity index (χ2n) is 7.55. The van der Waals surface area contributed by atoms with Crippen LogP contribution in [0.5, 0.6) is 5.75 Å². The van der Waals surface area contributed by atoms with Crippen LogP contribution in [0.15, 0.2) is 83.8 Å². The number of para-hydroxylation sites is 1. The zero-order chi connectivity index (χ0) is 23.3. The van der Waals surface area contributed by atoms with Gasteiger partial charge in [-0.05, 0) is 54.6 Å². The van der Waals surface area contributed by atoms with Crippen molar-refractivity contribution in [2.24, 2.45) is 0 Å². The van der Waals surface area contributed by atoms with Crippen LogP contribution in [0.3, 0.4) is 0 Å². The molecule has 7 nitrogen and oxygen atoms in total. The minimum absolute atomic E-state index is 0.0872. The molecule has 3 aromatic carbocycles. The largest absolute Gasteiger partial charge is 0.484 e. The summed E-state index contributed by atoms with van der Waals surface area (Å²) >= 11 is 0. The van der Waals surface area contributed by atoms with E-state index >= 15 is 0 Å². The smallest absolute Gasteiger partial charge is 0.260 e. The Hall–Kier alpha value is -3.43. The normalized spacial score (nSPS) is 14.6. The molecule has 0 aliphatic carbocycles. The maximum absolute atomic E-state index is 13.4. The van der Waals surface area contributed by atoms with Crippen LogP contribution in [-0.2, 0) is 14.8 Å². The molecule has 0 spiro atoms. The Morgan fingerprint density at radius 2 is 1.55 bits per heavy atom. The van der Waals surface area contributed by atoms with Crippen molar-refractivity contribution in [3.05, 3.63) is 84.7 Å². The fourth-order valence-electron chi connectivity index (χ4n) is 3.51. The molecule has 1 amide bonds. The molecule has 1 N–H and O–H groups in total. The Morgan fingerprint density at radius 1 is 0.879 bits per heavy atom. The topological polar surface area (TPSA) is 79.0 Å². The van der Waals surface area contributed by atoms with Gasteiger partial charge in [-0.25, -0.2) is 12.8 Å². The highest BCUT2D eigenvalue weighted by Gasteiger charge is 2.30. The third-order valence-corrected chi connectivity index (χ3v) is 7.20. The number of rotatable bonds is 7. The number of benzene rings is 3. The monoisotopic (exact) mass is 469 g/mol. The molecule has 172 valence electrons. The minimum atomic E-state index is -3.80. The van der Waals surface area contributed by atoms with Crippen LogP contribution in [-0.4, -0.2) is 56.3 Å². The van der Waals surface area contributed by atoms with Gasteiger partial charge in [0.25, 0.3) is 5.91 Å². The summed E-state index contributed by atoms with van der Waals surface area (Å²) in [6.45, 7) is 0.643. The fourth-order valence-corrected chi connectivity index (χ4v) is 4.97. The molecule has 3 aromatic rings. The molecule has 0 bridgehead atoms. The molecule has 0 atom stereocenters. The summed E-state index contributed by atoms with van der Waals surface area (Å²) in [4.78, 5) is 14.0. The van der Waals surface area contributed by atoms with Crippen molar-refractivity contribution in [2.45, 2.75) is 4.90 Å². The van der Waals surface area contributed by atoms with Crippen molar-refractivity contribution >= 4 is 27.3 Å². The van der Waals surface area contributed by atoms with E-state index in [1.807, 2.05) is 42.5 Å². The molecule has 9 heteroatoms. The molecule has 0 aromatic heterocycles. The Labute approximate surface area is 192 Å². The lowest BCUT2D eigenvalue weighted by Gasteiger charge is -2.34. The molecule has 0 saturated carbocycles. The van der Waals surface area contributed by atoms with Crippen molar-refractivity contribution in [3.8, 4) is 5.75 Å². The van der Waals surface area contributed by atoms with Gasteiger partial charge >= 0.3 is 0 Å². The first-order valence-corrected chi connectivity index (χ1v) is 11.9. The highest BCUT2D eigenvalue weighted by molar-refractivity contribution is 7.89. The number of sulfonamides is 1. The molecular formula is C24H24FN3O4S. The van der Waals surface area contributed by atoms with E-state index in [0.717, 1.165) is 17.4 Å². The van der Waals surface area contributed by atoms with Crippen LogP contribution >= 0.6 is 0 Å². The van der Waals surface area contributed by atoms with Gasteiger partial charge in [0, 0.05) is 37.6 Å². The Balaban J connectivity index is 1.26. The molecule has 1 aliphatic rings. The van der Waals surface area contributed by atoms with E-state index in [2.05, 4.69) is 5.32 Å². The molecule has 1 aliphatic heterocycles. The summed E-state index contributed by atoms with van der Waals surface area (Å²) in [6, 6.07) is 22.0. The van der Waals surface area contributed by atoms with E-state index in [9.17, 15) is 17.6 Å². The number of amides is 1. The summed E-state index contributed by atoms with van der Waals surface area (Å²) in [5.41, 5.74) is 1.87. The van der Waals surface area contributed by atoms with Crippen LogP contribution in [0.2, 0.25) is 0 Å². The number of carbonyl (C=O) groups is 1. The summed E-state index contributed by atoms with van der Waals surface area (Å²) in [6.07, 6.45) is 0. The molecule has 0 radical (unpaired) electrons. The summed E-state index contributed by atoms with van der Waals surface area (Å²) < 4.78 is 45.7. The lowest BCUT2D eigenvalue weighted by atomic mass is 10.2. The van der Waals surface area contributed by atoms with E-state index in [1.165, 1.54) is 22.5 Å². The van der Waals surface area contributed by atoms with Gasteiger partial charge in [-0.1, -0.05) is 24.3 Å². The first kappa shape index (κ1) is 22.8. The van der Waals surface area contributed by atoms with E-state index in [1.54, 1.807) is 17.0 Å². The van der Waals surface area contributed by atoms with E-state index in [4.69, 9.17) is 4.74 Å². The zero-order valence-electron chi connectivity index (χ0n) is 17.9. The van der Waals surface area contributed by atoms with Crippen molar-refractivity contribution < 1.29 is 22.3 Å². The first-order chi connectivity index (χ1) is 15.9. The second-order valence-corrected chi connectivity index (χ2v) is 9.48. The molecular weight excluding hydrogens is 445 g/mol. The van der Waals surface area contributed by atoms with Crippen molar-refractivity contribution in [1.82, 2.24) is 9.21 Å². The number of anilines is 2. The zero-order valence-corrected chi connectivity index (χ0v) is 18.7. The Morgan fingerprint density at radius 3 is 2.21 bits per heavy atom. The average Bonchev–Trinajstić information content (AvgIpc) is 2.84. The van der Waals surface area contributed by atoms with Crippen LogP contribution in [0, 0.1) is 5.82 Å². The first-order valence-electron chi connectivity index (χ1n) is 10.5. The Kier molecular flexibility index (Phi) is 6.90. The molecule has 1 heterocycles. The molecule has 1 saturated heterocycles. The summed E-state index contributed by atoms with van der Waals surface area (Å²) in [5.74, 6) is -0.260. The standard InChI is InChI=1S/C24H24FN3O4S/c25-19-5-4-8-23(17-19)33(30,31)28-15-13-27(14-16-28)24(29)18-32-22-11-9-21(10-12-22)26-20-6-2-1-3-7-20/h1-12,17,26H,13-16,18H2. The maximum atomic E-state index is 13.4. The van der Waals surface area contributed by atoms with Crippen LogP contribution in [0.1, 0.15) is 0 Å². The van der Waals surface area contributed by atoms with Gasteiger partial charge < -0.3 is 15.0 Å². The second kappa shape index (κ2) is 10.0. The molecule has 4 rings (SSSR count). The number of hydrogen-bond acceptors (Lipinski definition) is 5. The maximum Gasteiger partial charge on any atom is 0.260 e. The number of carbonyl (C=O) groups excluding carboxylic acids is 1. The van der Waals surface area contributed by atoms with Gasteiger partial charge in [-0.3, -0.25) is 4.79 Å². The lowest BCUT2D eigenvalue weighted by molar-refractivity contribution is -0.134. The lowest BCUT2D eigenvalue weighted by Crippen LogP contribution is -2.51. The number of piperazine rings is 1. The van der Waals surface area contributed by atoms with Gasteiger partial charge in [-0.2, -0.15) is 4.31 Å². The van der Waals surface area contributed by atoms with E-state index < -0.39 is 15.8 Å². The predicted octanol–water partition coefficient (Wildman–Crippen LogP) is 3.48. The van der Waals surface area contributed by atoms with Gasteiger partial charge in [0.1, 0.15) is 11.6 Å². The minimum Gasteiger partial charge on any atom is -0.484 e. The van der Waals surface area contributed by atoms with Crippen molar-refractivity contribution in [3.63, 3.8) is 0 Å². The van der Waals surface area contributed by atoms with Gasteiger partial charge in [0.2, 0.25) is 10.0 Å².